The van der Waals surface area contributed by atoms with E-state index in [4.69, 9.17) is 5.73 Å². The number of amides is 1. The van der Waals surface area contributed by atoms with Crippen LogP contribution in [0.4, 0.5) is 0 Å². The Bertz CT molecular complexity index is 355. The minimum Gasteiger partial charge on any atom is -0.368 e. The molecule has 16 heavy (non-hydrogen) atoms. The SMILES string of the molecule is CNC(CN1CCS(=O)(=O)CC1C)C(N)=O. The first-order valence-corrected chi connectivity index (χ1v) is 7.09. The molecule has 1 aliphatic rings. The van der Waals surface area contributed by atoms with Crippen molar-refractivity contribution in [3.8, 4) is 0 Å². The number of primary amides is 1. The molecule has 1 rings (SSSR count). The maximum atomic E-state index is 11.4. The van der Waals surface area contributed by atoms with E-state index in [1.54, 1.807) is 7.05 Å². The van der Waals surface area contributed by atoms with Gasteiger partial charge >= 0.3 is 0 Å². The summed E-state index contributed by atoms with van der Waals surface area (Å²) in [7, 11) is -1.24. The molecule has 1 amide bonds. The number of carbonyl (C=O) groups excluding carboxylic acids is 1. The van der Waals surface area contributed by atoms with Crippen LogP contribution >= 0.6 is 0 Å². The highest BCUT2D eigenvalue weighted by molar-refractivity contribution is 7.91. The molecule has 94 valence electrons. The average Bonchev–Trinajstić information content (AvgIpc) is 2.15. The van der Waals surface area contributed by atoms with Gasteiger partial charge in [0.2, 0.25) is 5.91 Å². The van der Waals surface area contributed by atoms with E-state index in [-0.39, 0.29) is 17.5 Å². The number of carbonyl (C=O) groups is 1. The summed E-state index contributed by atoms with van der Waals surface area (Å²) in [4.78, 5) is 13.0. The summed E-state index contributed by atoms with van der Waals surface area (Å²) in [5.41, 5.74) is 5.22. The number of nitrogens with one attached hydrogen (secondary N) is 1. The molecular formula is C9H19N3O3S. The first kappa shape index (κ1) is 13.4. The summed E-state index contributed by atoms with van der Waals surface area (Å²) in [5, 5.41) is 2.82. The smallest absolute Gasteiger partial charge is 0.235 e. The molecular weight excluding hydrogens is 230 g/mol. The molecule has 3 N–H and O–H groups in total. The van der Waals surface area contributed by atoms with E-state index in [1.165, 1.54) is 0 Å². The Hall–Kier alpha value is -0.660. The van der Waals surface area contributed by atoms with Gasteiger partial charge in [-0.2, -0.15) is 0 Å². The third kappa shape index (κ3) is 3.43. The molecule has 7 heteroatoms. The van der Waals surface area contributed by atoms with E-state index in [1.807, 2.05) is 11.8 Å². The lowest BCUT2D eigenvalue weighted by molar-refractivity contribution is -0.120. The van der Waals surface area contributed by atoms with Crippen molar-refractivity contribution >= 4 is 15.7 Å². The van der Waals surface area contributed by atoms with Crippen LogP contribution in [-0.4, -0.2) is 63.0 Å². The summed E-state index contributed by atoms with van der Waals surface area (Å²) in [5.74, 6) is -0.0995. The molecule has 2 atom stereocenters. The minimum absolute atomic E-state index is 0.0612. The fourth-order valence-corrected chi connectivity index (χ4v) is 3.49. The van der Waals surface area contributed by atoms with E-state index in [9.17, 15) is 13.2 Å². The van der Waals surface area contributed by atoms with Crippen molar-refractivity contribution in [3.05, 3.63) is 0 Å². The second kappa shape index (κ2) is 5.11. The first-order valence-electron chi connectivity index (χ1n) is 5.27. The zero-order valence-electron chi connectivity index (χ0n) is 9.64. The molecule has 0 bridgehead atoms. The van der Waals surface area contributed by atoms with Gasteiger partial charge in [-0.1, -0.05) is 0 Å². The van der Waals surface area contributed by atoms with Crippen LogP contribution in [0, 0.1) is 0 Å². The molecule has 6 nitrogen and oxygen atoms in total. The zero-order valence-corrected chi connectivity index (χ0v) is 10.5. The Morgan fingerprint density at radius 2 is 2.25 bits per heavy atom. The Labute approximate surface area is 96.1 Å². The monoisotopic (exact) mass is 249 g/mol. The fraction of sp³-hybridized carbons (Fsp3) is 0.889. The van der Waals surface area contributed by atoms with E-state index < -0.39 is 21.8 Å². The summed E-state index contributed by atoms with van der Waals surface area (Å²) >= 11 is 0. The van der Waals surface area contributed by atoms with Crippen molar-refractivity contribution in [1.82, 2.24) is 10.2 Å². The van der Waals surface area contributed by atoms with Gasteiger partial charge in [0, 0.05) is 19.1 Å². The Morgan fingerprint density at radius 1 is 1.62 bits per heavy atom. The zero-order chi connectivity index (χ0) is 12.3. The van der Waals surface area contributed by atoms with Crippen LogP contribution in [0.2, 0.25) is 0 Å². The van der Waals surface area contributed by atoms with Gasteiger partial charge in [0.1, 0.15) is 0 Å². The lowest BCUT2D eigenvalue weighted by Gasteiger charge is -2.34. The van der Waals surface area contributed by atoms with Crippen LogP contribution in [0.1, 0.15) is 6.92 Å². The molecule has 0 radical (unpaired) electrons. The van der Waals surface area contributed by atoms with Crippen molar-refractivity contribution in [2.45, 2.75) is 19.0 Å². The molecule has 0 aromatic rings. The van der Waals surface area contributed by atoms with Crippen molar-refractivity contribution in [1.29, 1.82) is 0 Å². The van der Waals surface area contributed by atoms with E-state index in [2.05, 4.69) is 5.32 Å². The van der Waals surface area contributed by atoms with Gasteiger partial charge in [0.05, 0.1) is 17.5 Å². The predicted octanol–water partition coefficient (Wildman–Crippen LogP) is -1.82. The predicted molar refractivity (Wildman–Crippen MR) is 61.7 cm³/mol. The average molecular weight is 249 g/mol. The number of nitrogens with two attached hydrogens (primary N) is 1. The highest BCUT2D eigenvalue weighted by atomic mass is 32.2. The molecule has 0 saturated carbocycles. The lowest BCUT2D eigenvalue weighted by atomic mass is 10.2. The van der Waals surface area contributed by atoms with Gasteiger partial charge in [0.25, 0.3) is 0 Å². The molecule has 2 unspecified atom stereocenters. The largest absolute Gasteiger partial charge is 0.368 e. The summed E-state index contributed by atoms with van der Waals surface area (Å²) in [6.07, 6.45) is 0. The first-order chi connectivity index (χ1) is 7.35. The van der Waals surface area contributed by atoms with Crippen LogP contribution in [0.3, 0.4) is 0 Å². The van der Waals surface area contributed by atoms with Crippen LogP contribution in [0.25, 0.3) is 0 Å². The maximum Gasteiger partial charge on any atom is 0.235 e. The van der Waals surface area contributed by atoms with Crippen LogP contribution in [0.15, 0.2) is 0 Å². The Kier molecular flexibility index (Phi) is 4.28. The molecule has 1 saturated heterocycles. The number of hydrogen-bond acceptors (Lipinski definition) is 5. The molecule has 0 aromatic carbocycles. The van der Waals surface area contributed by atoms with E-state index in [0.717, 1.165) is 0 Å². The molecule has 1 aliphatic heterocycles. The Morgan fingerprint density at radius 3 is 2.69 bits per heavy atom. The van der Waals surface area contributed by atoms with Crippen LogP contribution < -0.4 is 11.1 Å². The van der Waals surface area contributed by atoms with Crippen molar-refractivity contribution in [3.63, 3.8) is 0 Å². The summed E-state index contributed by atoms with van der Waals surface area (Å²) in [6.45, 7) is 2.78. The van der Waals surface area contributed by atoms with Gasteiger partial charge in [-0.3, -0.25) is 9.69 Å². The highest BCUT2D eigenvalue weighted by Gasteiger charge is 2.30. The van der Waals surface area contributed by atoms with Gasteiger partial charge in [-0.25, -0.2) is 8.42 Å². The number of sulfone groups is 1. The number of likely N-dealkylation sites (N-methyl/N-ethyl adjacent to an activating group) is 1. The number of nitrogens with zero attached hydrogens (tertiary/aromatic N) is 1. The molecule has 0 spiro atoms. The summed E-state index contributed by atoms with van der Waals surface area (Å²) < 4.78 is 22.7. The number of hydrogen-bond donors (Lipinski definition) is 2. The maximum absolute atomic E-state index is 11.4. The second-order valence-corrected chi connectivity index (χ2v) is 6.43. The van der Waals surface area contributed by atoms with E-state index >= 15 is 0 Å². The minimum atomic E-state index is -2.91. The summed E-state index contributed by atoms with van der Waals surface area (Å²) in [6, 6.07) is -0.489. The quantitative estimate of drug-likeness (QED) is 0.612. The van der Waals surface area contributed by atoms with Crippen LogP contribution in [-0.2, 0) is 14.6 Å². The molecule has 0 aliphatic carbocycles. The highest BCUT2D eigenvalue weighted by Crippen LogP contribution is 2.11. The standard InChI is InChI=1S/C9H19N3O3S/c1-7-6-16(14,15)4-3-12(7)5-8(11-2)9(10)13/h7-8,11H,3-6H2,1-2H3,(H2,10,13). The van der Waals surface area contributed by atoms with E-state index in [0.29, 0.717) is 13.1 Å². The number of rotatable bonds is 4. The fourth-order valence-electron chi connectivity index (χ4n) is 1.86. The van der Waals surface area contributed by atoms with Gasteiger partial charge in [0.15, 0.2) is 9.84 Å². The van der Waals surface area contributed by atoms with Crippen LogP contribution in [0.5, 0.6) is 0 Å². The van der Waals surface area contributed by atoms with Gasteiger partial charge in [-0.05, 0) is 14.0 Å². The third-order valence-electron chi connectivity index (χ3n) is 2.92. The van der Waals surface area contributed by atoms with Crippen molar-refractivity contribution in [2.24, 2.45) is 5.73 Å². The molecule has 0 aromatic heterocycles. The van der Waals surface area contributed by atoms with Crippen molar-refractivity contribution < 1.29 is 13.2 Å². The molecule has 1 heterocycles. The van der Waals surface area contributed by atoms with Crippen molar-refractivity contribution in [2.75, 3.05) is 31.6 Å². The second-order valence-electron chi connectivity index (χ2n) is 4.20. The lowest BCUT2D eigenvalue weighted by Crippen LogP contribution is -2.54. The third-order valence-corrected chi connectivity index (χ3v) is 4.71. The normalized spacial score (nSPS) is 27.5. The molecule has 1 fully saturated rings. The Balaban J connectivity index is 2.59. The van der Waals surface area contributed by atoms with Gasteiger partial charge < -0.3 is 11.1 Å². The topological polar surface area (TPSA) is 92.5 Å². The van der Waals surface area contributed by atoms with Gasteiger partial charge in [-0.15, -0.1) is 0 Å².